The van der Waals surface area contributed by atoms with Crippen molar-refractivity contribution in [3.63, 3.8) is 0 Å². The van der Waals surface area contributed by atoms with Gasteiger partial charge in [-0.2, -0.15) is 0 Å². The molecule has 5 nitrogen and oxygen atoms in total. The van der Waals surface area contributed by atoms with E-state index >= 15 is 0 Å². The van der Waals surface area contributed by atoms with Crippen molar-refractivity contribution in [2.45, 2.75) is 37.8 Å². The summed E-state index contributed by atoms with van der Waals surface area (Å²) in [7, 11) is 0. The SMILES string of the molecule is O=C(Nc1cccc(Cl)c1)N[C@H]1CCCC[C@@H]1Nc1c(Cl)cncc1Cl. The molecule has 1 aromatic heterocycles. The molecule has 1 heterocycles. The van der Waals surface area contributed by atoms with E-state index in [1.54, 1.807) is 36.7 Å². The summed E-state index contributed by atoms with van der Waals surface area (Å²) in [4.78, 5) is 16.3. The van der Waals surface area contributed by atoms with Crippen molar-refractivity contribution in [1.29, 1.82) is 0 Å². The molecular formula is C18H19Cl3N4O. The molecule has 0 radical (unpaired) electrons. The molecule has 0 spiro atoms. The predicted molar refractivity (Wildman–Crippen MR) is 108 cm³/mol. The van der Waals surface area contributed by atoms with Crippen LogP contribution in [0.15, 0.2) is 36.7 Å². The lowest BCUT2D eigenvalue weighted by Crippen LogP contribution is -2.49. The topological polar surface area (TPSA) is 66.1 Å². The Morgan fingerprint density at radius 1 is 1.04 bits per heavy atom. The second kappa shape index (κ2) is 8.80. The molecule has 0 aliphatic heterocycles. The van der Waals surface area contributed by atoms with Crippen molar-refractivity contribution < 1.29 is 4.79 Å². The Morgan fingerprint density at radius 3 is 2.42 bits per heavy atom. The number of aromatic nitrogens is 1. The summed E-state index contributed by atoms with van der Waals surface area (Å²) in [5.41, 5.74) is 1.30. The zero-order valence-corrected chi connectivity index (χ0v) is 16.2. The minimum Gasteiger partial charge on any atom is -0.378 e. The molecule has 1 aromatic carbocycles. The van der Waals surface area contributed by atoms with Crippen LogP contribution in [-0.2, 0) is 0 Å². The van der Waals surface area contributed by atoms with Gasteiger partial charge in [-0.05, 0) is 31.0 Å². The standard InChI is InChI=1S/C18H19Cl3N4O/c19-11-4-3-5-12(8-11)23-18(26)25-16-7-2-1-6-15(16)24-17-13(20)9-22-10-14(17)21/h3-5,8-10,15-16H,1-2,6-7H2,(H,22,24)(H2,23,25,26)/t15-,16-/m0/s1. The van der Waals surface area contributed by atoms with Gasteiger partial charge in [-0.15, -0.1) is 0 Å². The van der Waals surface area contributed by atoms with Crippen molar-refractivity contribution in [3.8, 4) is 0 Å². The number of amides is 2. The average Bonchev–Trinajstić information content (AvgIpc) is 2.59. The number of carbonyl (C=O) groups is 1. The van der Waals surface area contributed by atoms with E-state index in [1.807, 2.05) is 0 Å². The van der Waals surface area contributed by atoms with E-state index in [4.69, 9.17) is 34.8 Å². The fourth-order valence-corrected chi connectivity index (χ4v) is 3.78. The van der Waals surface area contributed by atoms with Gasteiger partial charge in [0.1, 0.15) is 0 Å². The first-order chi connectivity index (χ1) is 12.5. The van der Waals surface area contributed by atoms with Crippen molar-refractivity contribution in [1.82, 2.24) is 10.3 Å². The number of carbonyl (C=O) groups excluding carboxylic acids is 1. The monoisotopic (exact) mass is 412 g/mol. The number of nitrogens with one attached hydrogen (secondary N) is 3. The van der Waals surface area contributed by atoms with Crippen LogP contribution in [0, 0.1) is 0 Å². The Balaban J connectivity index is 1.66. The fourth-order valence-electron chi connectivity index (χ4n) is 3.11. The molecule has 1 fully saturated rings. The van der Waals surface area contributed by atoms with E-state index in [1.165, 1.54) is 0 Å². The maximum Gasteiger partial charge on any atom is 0.319 e. The molecule has 3 rings (SSSR count). The molecule has 0 bridgehead atoms. The number of anilines is 2. The Labute approximate surface area is 167 Å². The van der Waals surface area contributed by atoms with Gasteiger partial charge >= 0.3 is 6.03 Å². The largest absolute Gasteiger partial charge is 0.378 e. The lowest BCUT2D eigenvalue weighted by molar-refractivity contribution is 0.242. The van der Waals surface area contributed by atoms with Gasteiger partial charge < -0.3 is 16.0 Å². The van der Waals surface area contributed by atoms with Crippen LogP contribution >= 0.6 is 34.8 Å². The van der Waals surface area contributed by atoms with Crippen LogP contribution in [0.3, 0.4) is 0 Å². The van der Waals surface area contributed by atoms with Crippen LogP contribution in [0.25, 0.3) is 0 Å². The molecule has 1 aliphatic carbocycles. The molecule has 0 unspecified atom stereocenters. The quantitative estimate of drug-likeness (QED) is 0.612. The third-order valence-electron chi connectivity index (χ3n) is 4.35. The molecule has 8 heteroatoms. The predicted octanol–water partition coefficient (Wildman–Crippen LogP) is 5.59. The van der Waals surface area contributed by atoms with Crippen LogP contribution in [0.4, 0.5) is 16.2 Å². The number of hydrogen-bond donors (Lipinski definition) is 3. The smallest absolute Gasteiger partial charge is 0.319 e. The Morgan fingerprint density at radius 2 is 1.73 bits per heavy atom. The number of hydrogen-bond acceptors (Lipinski definition) is 3. The Hall–Kier alpha value is -1.69. The van der Waals surface area contributed by atoms with Crippen LogP contribution < -0.4 is 16.0 Å². The molecule has 0 saturated heterocycles. The van der Waals surface area contributed by atoms with E-state index in [9.17, 15) is 4.79 Å². The molecule has 2 aromatic rings. The summed E-state index contributed by atoms with van der Waals surface area (Å²) in [5, 5.41) is 10.7. The third kappa shape index (κ3) is 4.93. The first-order valence-electron chi connectivity index (χ1n) is 8.41. The van der Waals surface area contributed by atoms with Crippen molar-refractivity contribution in [2.24, 2.45) is 0 Å². The van der Waals surface area contributed by atoms with E-state index in [2.05, 4.69) is 20.9 Å². The van der Waals surface area contributed by atoms with Gasteiger partial charge in [0.05, 0.1) is 21.8 Å². The third-order valence-corrected chi connectivity index (χ3v) is 5.16. The minimum atomic E-state index is -0.266. The molecule has 2 amide bonds. The first-order valence-corrected chi connectivity index (χ1v) is 9.55. The molecule has 138 valence electrons. The zero-order valence-electron chi connectivity index (χ0n) is 13.9. The second-order valence-corrected chi connectivity index (χ2v) is 7.48. The Kier molecular flexibility index (Phi) is 6.46. The number of benzene rings is 1. The summed E-state index contributed by atoms with van der Waals surface area (Å²) in [5.74, 6) is 0. The number of pyridine rings is 1. The van der Waals surface area contributed by atoms with Crippen molar-refractivity contribution in [2.75, 3.05) is 10.6 Å². The van der Waals surface area contributed by atoms with E-state index < -0.39 is 0 Å². The van der Waals surface area contributed by atoms with E-state index in [0.717, 1.165) is 25.7 Å². The molecule has 1 aliphatic rings. The van der Waals surface area contributed by atoms with Crippen LogP contribution in [0.1, 0.15) is 25.7 Å². The van der Waals surface area contributed by atoms with Gasteiger partial charge in [-0.25, -0.2) is 4.79 Å². The number of rotatable bonds is 4. The lowest BCUT2D eigenvalue weighted by atomic mass is 9.90. The highest BCUT2D eigenvalue weighted by Gasteiger charge is 2.27. The molecular weight excluding hydrogens is 395 g/mol. The lowest BCUT2D eigenvalue weighted by Gasteiger charge is -2.33. The van der Waals surface area contributed by atoms with E-state index in [-0.39, 0.29) is 18.1 Å². The van der Waals surface area contributed by atoms with Crippen LogP contribution in [0.5, 0.6) is 0 Å². The fraction of sp³-hybridized carbons (Fsp3) is 0.333. The molecule has 1 saturated carbocycles. The summed E-state index contributed by atoms with van der Waals surface area (Å²) in [6.07, 6.45) is 7.02. The van der Waals surface area contributed by atoms with Gasteiger partial charge in [0, 0.05) is 29.1 Å². The summed E-state index contributed by atoms with van der Waals surface area (Å²) >= 11 is 18.4. The van der Waals surface area contributed by atoms with E-state index in [0.29, 0.717) is 26.4 Å². The highest BCUT2D eigenvalue weighted by molar-refractivity contribution is 6.38. The summed E-state index contributed by atoms with van der Waals surface area (Å²) in [6, 6.07) is 6.77. The van der Waals surface area contributed by atoms with Gasteiger partial charge in [0.2, 0.25) is 0 Å². The van der Waals surface area contributed by atoms with Gasteiger partial charge in [0.25, 0.3) is 0 Å². The number of urea groups is 1. The second-order valence-electron chi connectivity index (χ2n) is 6.23. The first kappa shape index (κ1) is 19.1. The zero-order chi connectivity index (χ0) is 18.5. The van der Waals surface area contributed by atoms with Crippen molar-refractivity contribution in [3.05, 3.63) is 51.7 Å². The maximum atomic E-state index is 12.4. The normalized spacial score (nSPS) is 19.7. The number of nitrogens with zero attached hydrogens (tertiary/aromatic N) is 1. The highest BCUT2D eigenvalue weighted by atomic mass is 35.5. The van der Waals surface area contributed by atoms with Crippen LogP contribution in [0.2, 0.25) is 15.1 Å². The minimum absolute atomic E-state index is 0.0336. The molecule has 2 atom stereocenters. The van der Waals surface area contributed by atoms with Gasteiger partial charge in [0.15, 0.2) is 0 Å². The van der Waals surface area contributed by atoms with Gasteiger partial charge in [-0.1, -0.05) is 53.7 Å². The summed E-state index contributed by atoms with van der Waals surface area (Å²) in [6.45, 7) is 0. The molecule has 26 heavy (non-hydrogen) atoms. The Bertz CT molecular complexity index is 767. The van der Waals surface area contributed by atoms with Gasteiger partial charge in [-0.3, -0.25) is 4.98 Å². The summed E-state index contributed by atoms with van der Waals surface area (Å²) < 4.78 is 0. The van der Waals surface area contributed by atoms with Crippen LogP contribution in [-0.4, -0.2) is 23.1 Å². The molecule has 3 N–H and O–H groups in total. The highest BCUT2D eigenvalue weighted by Crippen LogP contribution is 2.32. The van der Waals surface area contributed by atoms with Crippen molar-refractivity contribution >= 4 is 52.2 Å². The maximum absolute atomic E-state index is 12.4. The number of halogens is 3. The average molecular weight is 414 g/mol.